The molecule has 0 fully saturated rings. The van der Waals surface area contributed by atoms with Gasteiger partial charge in [0.1, 0.15) is 0 Å². The Kier molecular flexibility index (Phi) is 4.35. The maximum atomic E-state index is 11.8. The van der Waals surface area contributed by atoms with Gasteiger partial charge in [0.25, 0.3) is 0 Å². The minimum absolute atomic E-state index is 0.113. The molecule has 0 aliphatic heterocycles. The van der Waals surface area contributed by atoms with Crippen LogP contribution in [0.2, 0.25) is 0 Å². The number of benzene rings is 1. The van der Waals surface area contributed by atoms with E-state index in [2.05, 4.69) is 19.1 Å². The molecule has 0 N–H and O–H groups in total. The average Bonchev–Trinajstić information content (AvgIpc) is 2.26. The predicted octanol–water partition coefficient (Wildman–Crippen LogP) is 2.34. The lowest BCUT2D eigenvalue weighted by atomic mass is 9.96. The molecule has 15 heavy (non-hydrogen) atoms. The minimum Gasteiger partial charge on any atom is -0.349 e. The van der Waals surface area contributed by atoms with Crippen LogP contribution in [0.4, 0.5) is 0 Å². The van der Waals surface area contributed by atoms with E-state index in [9.17, 15) is 4.79 Å². The van der Waals surface area contributed by atoms with Gasteiger partial charge in [-0.2, -0.15) is 0 Å². The Balaban J connectivity index is 2.66. The summed E-state index contributed by atoms with van der Waals surface area (Å²) in [6.45, 7) is 2.06. The van der Waals surface area contributed by atoms with Gasteiger partial charge in [0.2, 0.25) is 5.91 Å². The standard InChI is InChI=1S/C13H19NO/c1-4-12(13(15)14(2)3)10-11-8-6-5-7-9-11/h5-9,12H,4,10H2,1-3H3. The zero-order chi connectivity index (χ0) is 11.3. The molecular formula is C13H19NO. The molecule has 0 aromatic heterocycles. The Morgan fingerprint density at radius 3 is 2.33 bits per heavy atom. The van der Waals surface area contributed by atoms with E-state index in [0.29, 0.717) is 0 Å². The van der Waals surface area contributed by atoms with Crippen LogP contribution in [0.3, 0.4) is 0 Å². The number of nitrogens with zero attached hydrogens (tertiary/aromatic N) is 1. The highest BCUT2D eigenvalue weighted by Crippen LogP contribution is 2.13. The van der Waals surface area contributed by atoms with E-state index in [4.69, 9.17) is 0 Å². The monoisotopic (exact) mass is 205 g/mol. The quantitative estimate of drug-likeness (QED) is 0.739. The van der Waals surface area contributed by atoms with E-state index in [1.165, 1.54) is 5.56 Å². The van der Waals surface area contributed by atoms with Crippen molar-refractivity contribution in [2.24, 2.45) is 5.92 Å². The molecule has 2 nitrogen and oxygen atoms in total. The molecule has 1 atom stereocenters. The Bertz CT molecular complexity index is 306. The maximum Gasteiger partial charge on any atom is 0.225 e. The molecular weight excluding hydrogens is 186 g/mol. The summed E-state index contributed by atoms with van der Waals surface area (Å²) in [5, 5.41) is 0. The van der Waals surface area contributed by atoms with Crippen LogP contribution in [0.1, 0.15) is 18.9 Å². The van der Waals surface area contributed by atoms with Crippen molar-refractivity contribution in [3.8, 4) is 0 Å². The second-order valence-corrected chi connectivity index (χ2v) is 4.03. The van der Waals surface area contributed by atoms with Crippen molar-refractivity contribution in [1.29, 1.82) is 0 Å². The molecule has 0 radical (unpaired) electrons. The molecule has 82 valence electrons. The van der Waals surface area contributed by atoms with Crippen molar-refractivity contribution in [2.75, 3.05) is 14.1 Å². The van der Waals surface area contributed by atoms with Crippen molar-refractivity contribution in [1.82, 2.24) is 4.90 Å². The normalized spacial score (nSPS) is 12.2. The van der Waals surface area contributed by atoms with Crippen LogP contribution >= 0.6 is 0 Å². The Morgan fingerprint density at radius 1 is 1.27 bits per heavy atom. The molecule has 0 aliphatic carbocycles. The SMILES string of the molecule is CCC(Cc1ccccc1)C(=O)N(C)C. The van der Waals surface area contributed by atoms with Crippen LogP contribution in [0.5, 0.6) is 0 Å². The zero-order valence-electron chi connectivity index (χ0n) is 9.73. The first-order chi connectivity index (χ1) is 7.15. The van der Waals surface area contributed by atoms with Crippen LogP contribution in [-0.2, 0) is 11.2 Å². The third kappa shape index (κ3) is 3.39. The van der Waals surface area contributed by atoms with E-state index in [1.807, 2.05) is 32.3 Å². The average molecular weight is 205 g/mol. The van der Waals surface area contributed by atoms with E-state index in [0.717, 1.165) is 12.8 Å². The van der Waals surface area contributed by atoms with Crippen molar-refractivity contribution in [3.05, 3.63) is 35.9 Å². The second kappa shape index (κ2) is 5.54. The lowest BCUT2D eigenvalue weighted by Gasteiger charge is -2.19. The first-order valence-corrected chi connectivity index (χ1v) is 5.40. The van der Waals surface area contributed by atoms with Gasteiger partial charge in [-0.15, -0.1) is 0 Å². The summed E-state index contributed by atoms with van der Waals surface area (Å²) in [5.41, 5.74) is 1.24. The van der Waals surface area contributed by atoms with Crippen molar-refractivity contribution in [2.45, 2.75) is 19.8 Å². The van der Waals surface area contributed by atoms with Crippen molar-refractivity contribution < 1.29 is 4.79 Å². The van der Waals surface area contributed by atoms with Crippen LogP contribution < -0.4 is 0 Å². The molecule has 0 saturated heterocycles. The van der Waals surface area contributed by atoms with Crippen LogP contribution in [0.25, 0.3) is 0 Å². The van der Waals surface area contributed by atoms with Crippen LogP contribution in [-0.4, -0.2) is 24.9 Å². The fourth-order valence-corrected chi connectivity index (χ4v) is 1.67. The largest absolute Gasteiger partial charge is 0.349 e. The Morgan fingerprint density at radius 2 is 1.87 bits per heavy atom. The molecule has 0 heterocycles. The molecule has 0 spiro atoms. The smallest absolute Gasteiger partial charge is 0.225 e. The molecule has 1 amide bonds. The lowest BCUT2D eigenvalue weighted by Crippen LogP contribution is -2.30. The summed E-state index contributed by atoms with van der Waals surface area (Å²) in [5.74, 6) is 0.337. The van der Waals surface area contributed by atoms with Gasteiger partial charge in [-0.05, 0) is 18.4 Å². The molecule has 0 aliphatic rings. The fraction of sp³-hybridized carbons (Fsp3) is 0.462. The van der Waals surface area contributed by atoms with E-state index in [1.54, 1.807) is 4.90 Å². The zero-order valence-corrected chi connectivity index (χ0v) is 9.73. The highest BCUT2D eigenvalue weighted by atomic mass is 16.2. The number of hydrogen-bond acceptors (Lipinski definition) is 1. The van der Waals surface area contributed by atoms with E-state index in [-0.39, 0.29) is 11.8 Å². The third-order valence-electron chi connectivity index (χ3n) is 2.61. The molecule has 1 aromatic carbocycles. The Hall–Kier alpha value is -1.31. The molecule has 1 rings (SSSR count). The van der Waals surface area contributed by atoms with Gasteiger partial charge in [-0.25, -0.2) is 0 Å². The molecule has 2 heteroatoms. The summed E-state index contributed by atoms with van der Waals surface area (Å²) in [4.78, 5) is 13.5. The first kappa shape index (κ1) is 11.8. The van der Waals surface area contributed by atoms with Gasteiger partial charge < -0.3 is 4.90 Å². The number of hydrogen-bond donors (Lipinski definition) is 0. The summed E-state index contributed by atoms with van der Waals surface area (Å²) >= 11 is 0. The summed E-state index contributed by atoms with van der Waals surface area (Å²) in [7, 11) is 3.63. The fourth-order valence-electron chi connectivity index (χ4n) is 1.67. The summed E-state index contributed by atoms with van der Waals surface area (Å²) in [6.07, 6.45) is 1.74. The Labute approximate surface area is 91.9 Å². The first-order valence-electron chi connectivity index (χ1n) is 5.40. The highest BCUT2D eigenvalue weighted by molar-refractivity contribution is 5.78. The highest BCUT2D eigenvalue weighted by Gasteiger charge is 2.18. The summed E-state index contributed by atoms with van der Waals surface area (Å²) in [6, 6.07) is 10.2. The number of amides is 1. The molecule has 0 bridgehead atoms. The molecule has 1 unspecified atom stereocenters. The van der Waals surface area contributed by atoms with Gasteiger partial charge in [0.05, 0.1) is 0 Å². The lowest BCUT2D eigenvalue weighted by molar-refractivity contribution is -0.133. The number of rotatable bonds is 4. The van der Waals surface area contributed by atoms with Gasteiger partial charge >= 0.3 is 0 Å². The predicted molar refractivity (Wildman–Crippen MR) is 62.6 cm³/mol. The van der Waals surface area contributed by atoms with Gasteiger partial charge in [0.15, 0.2) is 0 Å². The van der Waals surface area contributed by atoms with Crippen molar-refractivity contribution >= 4 is 5.91 Å². The number of carbonyl (C=O) groups is 1. The van der Waals surface area contributed by atoms with Gasteiger partial charge in [0, 0.05) is 20.0 Å². The van der Waals surface area contributed by atoms with Crippen LogP contribution in [0.15, 0.2) is 30.3 Å². The van der Waals surface area contributed by atoms with E-state index < -0.39 is 0 Å². The van der Waals surface area contributed by atoms with Crippen molar-refractivity contribution in [3.63, 3.8) is 0 Å². The van der Waals surface area contributed by atoms with Gasteiger partial charge in [-0.1, -0.05) is 37.3 Å². The second-order valence-electron chi connectivity index (χ2n) is 4.03. The third-order valence-corrected chi connectivity index (χ3v) is 2.61. The topological polar surface area (TPSA) is 20.3 Å². The summed E-state index contributed by atoms with van der Waals surface area (Å²) < 4.78 is 0. The minimum atomic E-state index is 0.113. The molecule has 1 aromatic rings. The number of carbonyl (C=O) groups excluding carboxylic acids is 1. The molecule has 0 saturated carbocycles. The maximum absolute atomic E-state index is 11.8. The van der Waals surface area contributed by atoms with E-state index >= 15 is 0 Å². The van der Waals surface area contributed by atoms with Crippen LogP contribution in [0, 0.1) is 5.92 Å². The van der Waals surface area contributed by atoms with Gasteiger partial charge in [-0.3, -0.25) is 4.79 Å².